The summed E-state index contributed by atoms with van der Waals surface area (Å²) in [6, 6.07) is 4.79. The first-order valence-electron chi connectivity index (χ1n) is 12.9. The minimum absolute atomic E-state index is 0.0478. The predicted octanol–water partition coefficient (Wildman–Crippen LogP) is 2.56. The third kappa shape index (κ3) is 5.45. The standard InChI is InChI=1S/C27H28ClF3N4O6/c1-12-5-14(28)9-15(6-12)35(19-3-4-20(19)37)27(39)26-25(40-2)23(24(38)21(11-36)41-26)34-10-18(32-33-34)13-7-16(29)22(31)17(30)8-13/h5-10,19-21,23-26,36-38H,3-4,11H2,1-2H3/t19-,20-,21?,23?,24?,25?,26?/m0/s1. The van der Waals surface area contributed by atoms with Crippen LogP contribution in [0, 0.1) is 24.4 Å². The number of hydrogen-bond donors (Lipinski definition) is 3. The topological polar surface area (TPSA) is 130 Å². The van der Waals surface area contributed by atoms with Crippen molar-refractivity contribution in [2.45, 2.75) is 62.4 Å². The highest BCUT2D eigenvalue weighted by atomic mass is 35.5. The van der Waals surface area contributed by atoms with Gasteiger partial charge in [0, 0.05) is 23.4 Å². The molecule has 5 rings (SSSR count). The maximum atomic E-state index is 14.2. The van der Waals surface area contributed by atoms with Gasteiger partial charge in [-0.25, -0.2) is 17.9 Å². The quantitative estimate of drug-likeness (QED) is 0.355. The fraction of sp³-hybridized carbons (Fsp3) is 0.444. The van der Waals surface area contributed by atoms with Crippen LogP contribution in [0.3, 0.4) is 0 Å². The Hall–Kier alpha value is -3.07. The van der Waals surface area contributed by atoms with Crippen molar-refractivity contribution >= 4 is 23.2 Å². The third-order valence-electron chi connectivity index (χ3n) is 7.55. The molecule has 2 fully saturated rings. The molecule has 1 aromatic heterocycles. The maximum absolute atomic E-state index is 14.2. The van der Waals surface area contributed by atoms with E-state index in [0.717, 1.165) is 22.4 Å². The van der Waals surface area contributed by atoms with Crippen molar-refractivity contribution in [3.8, 4) is 11.3 Å². The van der Waals surface area contributed by atoms with Gasteiger partial charge in [0.05, 0.1) is 24.9 Å². The second kappa shape index (κ2) is 11.7. The summed E-state index contributed by atoms with van der Waals surface area (Å²) in [4.78, 5) is 15.6. The molecule has 7 atom stereocenters. The Kier molecular flexibility index (Phi) is 8.37. The number of hydrogen-bond acceptors (Lipinski definition) is 8. The van der Waals surface area contributed by atoms with Crippen molar-refractivity contribution in [1.29, 1.82) is 0 Å². The smallest absolute Gasteiger partial charge is 0.259 e. The molecule has 0 bridgehead atoms. The molecule has 220 valence electrons. The van der Waals surface area contributed by atoms with E-state index in [0.29, 0.717) is 23.6 Å². The van der Waals surface area contributed by atoms with Crippen molar-refractivity contribution < 1.29 is 42.8 Å². The Labute approximate surface area is 237 Å². The Morgan fingerprint density at radius 3 is 2.44 bits per heavy atom. The summed E-state index contributed by atoms with van der Waals surface area (Å²) in [5, 5.41) is 39.9. The second-order valence-electron chi connectivity index (χ2n) is 10.2. The highest BCUT2D eigenvalue weighted by molar-refractivity contribution is 6.31. The number of aromatic nitrogens is 3. The highest BCUT2D eigenvalue weighted by Gasteiger charge is 2.52. The minimum Gasteiger partial charge on any atom is -0.394 e. The summed E-state index contributed by atoms with van der Waals surface area (Å²) in [7, 11) is 1.29. The molecule has 1 saturated carbocycles. The number of aryl methyl sites for hydroxylation is 1. The largest absolute Gasteiger partial charge is 0.394 e. The van der Waals surface area contributed by atoms with Gasteiger partial charge in [0.15, 0.2) is 23.6 Å². The van der Waals surface area contributed by atoms with E-state index in [-0.39, 0.29) is 11.3 Å². The van der Waals surface area contributed by atoms with Gasteiger partial charge in [-0.2, -0.15) is 0 Å². The SMILES string of the molecule is COC1C(C(=O)N(c2cc(C)cc(Cl)c2)[C@H]2CC[C@@H]2O)OC(CO)C(O)C1n1cc(-c2cc(F)c(F)c(F)c2)nn1. The maximum Gasteiger partial charge on any atom is 0.259 e. The van der Waals surface area contributed by atoms with Crippen molar-refractivity contribution in [2.24, 2.45) is 0 Å². The van der Waals surface area contributed by atoms with Gasteiger partial charge in [0.1, 0.15) is 30.0 Å². The molecule has 1 aliphatic heterocycles. The summed E-state index contributed by atoms with van der Waals surface area (Å²) in [5.74, 6) is -5.09. The van der Waals surface area contributed by atoms with Crippen LogP contribution < -0.4 is 4.90 Å². The normalized spacial score (nSPS) is 27.9. The van der Waals surface area contributed by atoms with Gasteiger partial charge in [0.2, 0.25) is 0 Å². The lowest BCUT2D eigenvalue weighted by Gasteiger charge is -2.47. The molecule has 3 N–H and O–H groups in total. The van der Waals surface area contributed by atoms with E-state index >= 15 is 0 Å². The number of ether oxygens (including phenoxy) is 2. The lowest BCUT2D eigenvalue weighted by Crippen LogP contribution is -2.64. The van der Waals surface area contributed by atoms with Gasteiger partial charge in [-0.15, -0.1) is 5.10 Å². The fourth-order valence-corrected chi connectivity index (χ4v) is 5.64. The number of rotatable bonds is 7. The molecule has 0 radical (unpaired) electrons. The Bertz CT molecular complexity index is 1400. The first-order valence-corrected chi connectivity index (χ1v) is 13.2. The molecule has 1 aliphatic carbocycles. The molecule has 2 heterocycles. The zero-order valence-corrected chi connectivity index (χ0v) is 22.7. The highest BCUT2D eigenvalue weighted by Crippen LogP contribution is 2.38. The number of amides is 1. The average Bonchev–Trinajstić information content (AvgIpc) is 3.42. The number of nitrogens with zero attached hydrogens (tertiary/aromatic N) is 4. The zero-order valence-electron chi connectivity index (χ0n) is 22.0. The van der Waals surface area contributed by atoms with Crippen molar-refractivity contribution in [1.82, 2.24) is 15.0 Å². The van der Waals surface area contributed by atoms with Gasteiger partial charge >= 0.3 is 0 Å². The summed E-state index contributed by atoms with van der Waals surface area (Å²) < 4.78 is 53.9. The van der Waals surface area contributed by atoms with Crippen LogP contribution in [0.15, 0.2) is 36.5 Å². The van der Waals surface area contributed by atoms with Crippen LogP contribution in [0.1, 0.15) is 24.4 Å². The van der Waals surface area contributed by atoms with Crippen LogP contribution in [-0.4, -0.2) is 86.5 Å². The van der Waals surface area contributed by atoms with Crippen LogP contribution in [0.4, 0.5) is 18.9 Å². The van der Waals surface area contributed by atoms with E-state index in [9.17, 15) is 33.3 Å². The van der Waals surface area contributed by atoms with Crippen LogP contribution in [0.5, 0.6) is 0 Å². The second-order valence-corrected chi connectivity index (χ2v) is 10.6. The molecule has 0 spiro atoms. The number of carbonyl (C=O) groups is 1. The molecule has 2 aromatic carbocycles. The summed E-state index contributed by atoms with van der Waals surface area (Å²) in [6.45, 7) is 1.13. The zero-order chi connectivity index (χ0) is 29.6. The minimum atomic E-state index is -1.64. The van der Waals surface area contributed by atoms with E-state index in [1.54, 1.807) is 25.1 Å². The van der Waals surface area contributed by atoms with Crippen molar-refractivity contribution in [3.63, 3.8) is 0 Å². The van der Waals surface area contributed by atoms with E-state index in [1.165, 1.54) is 18.2 Å². The number of aliphatic hydroxyl groups is 3. The van der Waals surface area contributed by atoms with Crippen molar-refractivity contribution in [3.05, 3.63) is 64.6 Å². The Morgan fingerprint density at radius 1 is 1.17 bits per heavy atom. The molecule has 10 nitrogen and oxygen atoms in total. The number of methoxy groups -OCH3 is 1. The lowest BCUT2D eigenvalue weighted by molar-refractivity contribution is -0.211. The van der Waals surface area contributed by atoms with E-state index in [2.05, 4.69) is 10.3 Å². The van der Waals surface area contributed by atoms with E-state index < -0.39 is 72.6 Å². The molecular weight excluding hydrogens is 569 g/mol. The first kappa shape index (κ1) is 29.4. The van der Waals surface area contributed by atoms with Gasteiger partial charge < -0.3 is 29.7 Å². The molecule has 5 unspecified atom stereocenters. The molecule has 2 aliphatic rings. The van der Waals surface area contributed by atoms with E-state index in [1.807, 2.05) is 0 Å². The summed E-state index contributed by atoms with van der Waals surface area (Å²) in [5.41, 5.74) is 1.04. The molecular formula is C27H28ClF3N4O6. The molecule has 14 heteroatoms. The number of benzene rings is 2. The lowest BCUT2D eigenvalue weighted by atomic mass is 9.85. The van der Waals surface area contributed by atoms with Gasteiger partial charge in [0.25, 0.3) is 5.91 Å². The molecule has 1 saturated heterocycles. The van der Waals surface area contributed by atoms with Crippen LogP contribution in [0.2, 0.25) is 5.02 Å². The summed E-state index contributed by atoms with van der Waals surface area (Å²) in [6.07, 6.45) is -3.87. The van der Waals surface area contributed by atoms with Gasteiger partial charge in [-0.3, -0.25) is 4.79 Å². The average molecular weight is 597 g/mol. The Balaban J connectivity index is 1.53. The number of halogens is 4. The van der Waals surface area contributed by atoms with Crippen LogP contribution in [0.25, 0.3) is 11.3 Å². The van der Waals surface area contributed by atoms with Crippen LogP contribution in [-0.2, 0) is 14.3 Å². The first-order chi connectivity index (χ1) is 19.5. The third-order valence-corrected chi connectivity index (χ3v) is 7.77. The van der Waals surface area contributed by atoms with Gasteiger partial charge in [-0.1, -0.05) is 16.8 Å². The number of anilines is 1. The Morgan fingerprint density at radius 2 is 1.88 bits per heavy atom. The predicted molar refractivity (Wildman–Crippen MR) is 140 cm³/mol. The number of carbonyl (C=O) groups excluding carboxylic acids is 1. The van der Waals surface area contributed by atoms with E-state index in [4.69, 9.17) is 21.1 Å². The molecule has 41 heavy (non-hydrogen) atoms. The molecule has 3 aromatic rings. The fourth-order valence-electron chi connectivity index (χ4n) is 5.36. The van der Waals surface area contributed by atoms with Gasteiger partial charge in [-0.05, 0) is 55.7 Å². The number of aliphatic hydroxyl groups excluding tert-OH is 3. The monoisotopic (exact) mass is 596 g/mol. The molecule has 1 amide bonds. The van der Waals surface area contributed by atoms with Crippen LogP contribution >= 0.6 is 11.6 Å². The van der Waals surface area contributed by atoms with Crippen molar-refractivity contribution in [2.75, 3.05) is 18.6 Å². The summed E-state index contributed by atoms with van der Waals surface area (Å²) >= 11 is 6.28.